The lowest BCUT2D eigenvalue weighted by Gasteiger charge is -1.97. The predicted octanol–water partition coefficient (Wildman–Crippen LogP) is 1.36. The minimum Gasteiger partial charge on any atom is -0.478 e. The van der Waals surface area contributed by atoms with E-state index in [2.05, 4.69) is 10.2 Å². The number of aromatic carboxylic acids is 1. The Hall–Kier alpha value is -2.30. The number of nitrogen functional groups attached to an aromatic ring is 1. The molecular formula is C10H9N3O2. The minimum absolute atomic E-state index is 0.256. The van der Waals surface area contributed by atoms with Gasteiger partial charge in [0.15, 0.2) is 0 Å². The van der Waals surface area contributed by atoms with Crippen LogP contribution in [-0.2, 0) is 0 Å². The fourth-order valence-corrected chi connectivity index (χ4v) is 1.28. The van der Waals surface area contributed by atoms with Gasteiger partial charge in [0, 0.05) is 6.07 Å². The molecular weight excluding hydrogens is 194 g/mol. The molecule has 0 unspecified atom stereocenters. The number of nitrogens with one attached hydrogen (secondary N) is 1. The Bertz CT molecular complexity index is 488. The quantitative estimate of drug-likeness (QED) is 0.687. The third-order valence-electron chi connectivity index (χ3n) is 2.04. The number of carboxylic acids is 1. The number of aromatic amines is 1. The van der Waals surface area contributed by atoms with Crippen LogP contribution in [-0.4, -0.2) is 21.3 Å². The summed E-state index contributed by atoms with van der Waals surface area (Å²) in [4.78, 5) is 10.6. The van der Waals surface area contributed by atoms with E-state index in [1.807, 2.05) is 0 Å². The van der Waals surface area contributed by atoms with E-state index in [9.17, 15) is 4.79 Å². The van der Waals surface area contributed by atoms with Crippen LogP contribution in [0.4, 0.5) is 5.82 Å². The van der Waals surface area contributed by atoms with Gasteiger partial charge in [-0.3, -0.25) is 5.10 Å². The molecule has 1 aromatic carbocycles. The molecule has 1 aromatic heterocycles. The highest BCUT2D eigenvalue weighted by atomic mass is 16.4. The Morgan fingerprint density at radius 3 is 2.47 bits per heavy atom. The number of carboxylic acid groups (broad SMARTS) is 1. The van der Waals surface area contributed by atoms with Crippen LogP contribution in [0.2, 0.25) is 0 Å². The maximum atomic E-state index is 10.6. The Balaban J connectivity index is 2.35. The van der Waals surface area contributed by atoms with Crippen molar-refractivity contribution in [1.29, 1.82) is 0 Å². The van der Waals surface area contributed by atoms with Crippen LogP contribution in [0.1, 0.15) is 10.4 Å². The number of carbonyl (C=O) groups is 1. The lowest BCUT2D eigenvalue weighted by atomic mass is 10.1. The molecule has 0 radical (unpaired) electrons. The molecule has 0 aliphatic heterocycles. The number of nitrogens with two attached hydrogens (primary N) is 1. The number of anilines is 1. The molecule has 0 aliphatic rings. The summed E-state index contributed by atoms with van der Waals surface area (Å²) in [6, 6.07) is 8.17. The topological polar surface area (TPSA) is 92.0 Å². The zero-order valence-electron chi connectivity index (χ0n) is 7.77. The van der Waals surface area contributed by atoms with E-state index in [1.54, 1.807) is 18.2 Å². The summed E-state index contributed by atoms with van der Waals surface area (Å²) in [6.45, 7) is 0. The summed E-state index contributed by atoms with van der Waals surface area (Å²) >= 11 is 0. The van der Waals surface area contributed by atoms with Crippen molar-refractivity contribution in [3.8, 4) is 11.3 Å². The number of H-pyrrole nitrogens is 1. The summed E-state index contributed by atoms with van der Waals surface area (Å²) in [5.41, 5.74) is 7.33. The summed E-state index contributed by atoms with van der Waals surface area (Å²) in [7, 11) is 0. The van der Waals surface area contributed by atoms with E-state index in [4.69, 9.17) is 10.8 Å². The molecule has 76 valence electrons. The van der Waals surface area contributed by atoms with Gasteiger partial charge in [0.05, 0.1) is 11.3 Å². The second-order valence-electron chi connectivity index (χ2n) is 3.09. The van der Waals surface area contributed by atoms with Crippen LogP contribution in [0, 0.1) is 0 Å². The molecule has 1 heterocycles. The standard InChI is InChI=1S/C10H9N3O2/c11-9-5-8(12-13-9)6-1-3-7(4-2-6)10(14)15/h1-5H,(H,14,15)(H3,11,12,13). The Kier molecular flexibility index (Phi) is 2.13. The van der Waals surface area contributed by atoms with Crippen LogP contribution in [0.3, 0.4) is 0 Å². The van der Waals surface area contributed by atoms with Crippen LogP contribution >= 0.6 is 0 Å². The average Bonchev–Trinajstić information content (AvgIpc) is 2.65. The number of rotatable bonds is 2. The molecule has 0 atom stereocenters. The first-order valence-electron chi connectivity index (χ1n) is 4.31. The summed E-state index contributed by atoms with van der Waals surface area (Å²) in [5, 5.41) is 15.2. The van der Waals surface area contributed by atoms with Gasteiger partial charge < -0.3 is 10.8 Å². The van der Waals surface area contributed by atoms with Crippen molar-refractivity contribution in [3.05, 3.63) is 35.9 Å². The van der Waals surface area contributed by atoms with Crippen LogP contribution in [0.25, 0.3) is 11.3 Å². The molecule has 4 N–H and O–H groups in total. The maximum absolute atomic E-state index is 10.6. The smallest absolute Gasteiger partial charge is 0.335 e. The van der Waals surface area contributed by atoms with Crippen molar-refractivity contribution < 1.29 is 9.90 Å². The van der Waals surface area contributed by atoms with E-state index in [1.165, 1.54) is 12.1 Å². The largest absolute Gasteiger partial charge is 0.478 e. The SMILES string of the molecule is Nc1cc(-c2ccc(C(=O)O)cc2)[nH]n1. The first-order chi connectivity index (χ1) is 7.16. The Morgan fingerprint density at radius 2 is 2.00 bits per heavy atom. The van der Waals surface area contributed by atoms with Gasteiger partial charge in [-0.15, -0.1) is 0 Å². The van der Waals surface area contributed by atoms with Gasteiger partial charge in [-0.25, -0.2) is 4.79 Å². The van der Waals surface area contributed by atoms with E-state index >= 15 is 0 Å². The van der Waals surface area contributed by atoms with Gasteiger partial charge in [-0.2, -0.15) is 5.10 Å². The monoisotopic (exact) mass is 203 g/mol. The molecule has 0 saturated heterocycles. The molecule has 2 aromatic rings. The highest BCUT2D eigenvalue weighted by molar-refractivity contribution is 5.88. The van der Waals surface area contributed by atoms with Crippen molar-refractivity contribution in [2.75, 3.05) is 5.73 Å². The lowest BCUT2D eigenvalue weighted by Crippen LogP contribution is -1.94. The zero-order chi connectivity index (χ0) is 10.8. The van der Waals surface area contributed by atoms with Gasteiger partial charge in [-0.1, -0.05) is 12.1 Å². The van der Waals surface area contributed by atoms with Gasteiger partial charge in [0.2, 0.25) is 0 Å². The molecule has 15 heavy (non-hydrogen) atoms. The first kappa shape index (κ1) is 9.26. The van der Waals surface area contributed by atoms with Crippen molar-refractivity contribution in [2.45, 2.75) is 0 Å². The molecule has 0 aliphatic carbocycles. The van der Waals surface area contributed by atoms with Crippen LogP contribution in [0.5, 0.6) is 0 Å². The summed E-state index contributed by atoms with van der Waals surface area (Å²) < 4.78 is 0. The second-order valence-corrected chi connectivity index (χ2v) is 3.09. The Morgan fingerprint density at radius 1 is 1.33 bits per heavy atom. The number of aromatic nitrogens is 2. The average molecular weight is 203 g/mol. The molecule has 0 amide bonds. The molecule has 0 bridgehead atoms. The van der Waals surface area contributed by atoms with Crippen molar-refractivity contribution >= 4 is 11.8 Å². The third kappa shape index (κ3) is 1.80. The number of hydrogen-bond acceptors (Lipinski definition) is 3. The highest BCUT2D eigenvalue weighted by Gasteiger charge is 2.04. The van der Waals surface area contributed by atoms with Gasteiger partial charge in [0.1, 0.15) is 5.82 Å². The number of hydrogen-bond donors (Lipinski definition) is 3. The summed E-state index contributed by atoms with van der Waals surface area (Å²) in [6.07, 6.45) is 0. The van der Waals surface area contributed by atoms with Crippen molar-refractivity contribution in [3.63, 3.8) is 0 Å². The fourth-order valence-electron chi connectivity index (χ4n) is 1.28. The molecule has 5 nitrogen and oxygen atoms in total. The fraction of sp³-hybridized carbons (Fsp3) is 0. The highest BCUT2D eigenvalue weighted by Crippen LogP contribution is 2.18. The number of benzene rings is 1. The van der Waals surface area contributed by atoms with E-state index in [0.717, 1.165) is 11.3 Å². The summed E-state index contributed by atoms with van der Waals surface area (Å²) in [5.74, 6) is -0.530. The van der Waals surface area contributed by atoms with Crippen LogP contribution < -0.4 is 5.73 Å². The van der Waals surface area contributed by atoms with Crippen molar-refractivity contribution in [1.82, 2.24) is 10.2 Å². The normalized spacial score (nSPS) is 10.1. The van der Waals surface area contributed by atoms with E-state index in [-0.39, 0.29) is 5.56 Å². The van der Waals surface area contributed by atoms with Gasteiger partial charge in [0.25, 0.3) is 0 Å². The minimum atomic E-state index is -0.939. The molecule has 0 fully saturated rings. The van der Waals surface area contributed by atoms with Gasteiger partial charge in [-0.05, 0) is 17.7 Å². The molecule has 5 heteroatoms. The predicted molar refractivity (Wildman–Crippen MR) is 55.4 cm³/mol. The number of nitrogens with zero attached hydrogens (tertiary/aromatic N) is 1. The third-order valence-corrected chi connectivity index (χ3v) is 2.04. The second kappa shape index (κ2) is 3.45. The Labute approximate surface area is 85.5 Å². The zero-order valence-corrected chi connectivity index (χ0v) is 7.77. The molecule has 0 spiro atoms. The molecule has 0 saturated carbocycles. The van der Waals surface area contributed by atoms with Gasteiger partial charge >= 0.3 is 5.97 Å². The first-order valence-corrected chi connectivity index (χ1v) is 4.31. The molecule has 2 rings (SSSR count). The van der Waals surface area contributed by atoms with Crippen LogP contribution in [0.15, 0.2) is 30.3 Å². The lowest BCUT2D eigenvalue weighted by molar-refractivity contribution is 0.0697. The maximum Gasteiger partial charge on any atom is 0.335 e. The van der Waals surface area contributed by atoms with E-state index in [0.29, 0.717) is 5.82 Å². The van der Waals surface area contributed by atoms with Crippen molar-refractivity contribution in [2.24, 2.45) is 0 Å². The van der Waals surface area contributed by atoms with E-state index < -0.39 is 5.97 Å².